The van der Waals surface area contributed by atoms with Crippen LogP contribution in [0.2, 0.25) is 0 Å². The summed E-state index contributed by atoms with van der Waals surface area (Å²) < 4.78 is 0. The molecule has 1 N–H and O–H groups in total. The summed E-state index contributed by atoms with van der Waals surface area (Å²) in [4.78, 5) is 4.32. The Labute approximate surface area is 109 Å². The lowest BCUT2D eigenvalue weighted by molar-refractivity contribution is 0.149. The van der Waals surface area contributed by atoms with Crippen molar-refractivity contribution in [1.82, 2.24) is 10.3 Å². The SMILES string of the molecule is CC1CC(C)(C)CCC1NCCc1cscn1. The first-order valence-electron chi connectivity index (χ1n) is 6.67. The van der Waals surface area contributed by atoms with Crippen LogP contribution in [0.4, 0.5) is 0 Å². The number of hydrogen-bond donors (Lipinski definition) is 1. The maximum Gasteiger partial charge on any atom is 0.0794 e. The van der Waals surface area contributed by atoms with Gasteiger partial charge >= 0.3 is 0 Å². The molecule has 0 spiro atoms. The van der Waals surface area contributed by atoms with Crippen LogP contribution >= 0.6 is 11.3 Å². The fraction of sp³-hybridized carbons (Fsp3) is 0.786. The van der Waals surface area contributed by atoms with E-state index in [-0.39, 0.29) is 0 Å². The minimum Gasteiger partial charge on any atom is -0.313 e. The largest absolute Gasteiger partial charge is 0.313 e. The van der Waals surface area contributed by atoms with Crippen molar-refractivity contribution in [1.29, 1.82) is 0 Å². The Morgan fingerprint density at radius 2 is 2.35 bits per heavy atom. The van der Waals surface area contributed by atoms with Crippen molar-refractivity contribution >= 4 is 11.3 Å². The number of thiazole rings is 1. The zero-order valence-electron chi connectivity index (χ0n) is 11.2. The van der Waals surface area contributed by atoms with Gasteiger partial charge in [0.25, 0.3) is 0 Å². The number of nitrogens with one attached hydrogen (secondary N) is 1. The van der Waals surface area contributed by atoms with Crippen LogP contribution in [0.3, 0.4) is 0 Å². The number of rotatable bonds is 4. The van der Waals surface area contributed by atoms with Crippen LogP contribution in [0.25, 0.3) is 0 Å². The fourth-order valence-electron chi connectivity index (χ4n) is 3.00. The molecule has 17 heavy (non-hydrogen) atoms. The van der Waals surface area contributed by atoms with E-state index in [0.717, 1.165) is 18.9 Å². The molecule has 1 aliphatic carbocycles. The van der Waals surface area contributed by atoms with Gasteiger partial charge in [-0.25, -0.2) is 4.98 Å². The average molecular weight is 252 g/mol. The Balaban J connectivity index is 1.73. The minimum atomic E-state index is 0.548. The molecule has 1 fully saturated rings. The molecular weight excluding hydrogens is 228 g/mol. The maximum atomic E-state index is 4.32. The molecule has 1 aliphatic rings. The predicted molar refractivity (Wildman–Crippen MR) is 74.4 cm³/mol. The normalized spacial score (nSPS) is 28.2. The van der Waals surface area contributed by atoms with Crippen LogP contribution in [0, 0.1) is 11.3 Å². The summed E-state index contributed by atoms with van der Waals surface area (Å²) in [5, 5.41) is 5.86. The van der Waals surface area contributed by atoms with Crippen LogP contribution in [-0.2, 0) is 6.42 Å². The molecule has 1 saturated carbocycles. The summed E-state index contributed by atoms with van der Waals surface area (Å²) in [6.45, 7) is 8.25. The first kappa shape index (κ1) is 13.0. The van der Waals surface area contributed by atoms with Gasteiger partial charge in [0.05, 0.1) is 11.2 Å². The molecule has 96 valence electrons. The van der Waals surface area contributed by atoms with Gasteiger partial charge in [-0.2, -0.15) is 0 Å². The lowest BCUT2D eigenvalue weighted by atomic mass is 9.70. The molecule has 0 saturated heterocycles. The third kappa shape index (κ3) is 3.78. The van der Waals surface area contributed by atoms with Crippen LogP contribution in [0.5, 0.6) is 0 Å². The van der Waals surface area contributed by atoms with E-state index in [9.17, 15) is 0 Å². The van der Waals surface area contributed by atoms with Gasteiger partial charge in [0.15, 0.2) is 0 Å². The summed E-state index contributed by atoms with van der Waals surface area (Å²) in [7, 11) is 0. The highest BCUT2D eigenvalue weighted by Crippen LogP contribution is 2.38. The number of aromatic nitrogens is 1. The van der Waals surface area contributed by atoms with Crippen LogP contribution < -0.4 is 5.32 Å². The van der Waals surface area contributed by atoms with Gasteiger partial charge in [-0.05, 0) is 30.6 Å². The molecule has 2 unspecified atom stereocenters. The second kappa shape index (κ2) is 5.49. The smallest absolute Gasteiger partial charge is 0.0794 e. The van der Waals surface area contributed by atoms with Crippen molar-refractivity contribution in [2.24, 2.45) is 11.3 Å². The topological polar surface area (TPSA) is 24.9 Å². The zero-order valence-corrected chi connectivity index (χ0v) is 12.0. The molecular formula is C14H24N2S. The highest BCUT2D eigenvalue weighted by atomic mass is 32.1. The van der Waals surface area contributed by atoms with Crippen molar-refractivity contribution in [3.63, 3.8) is 0 Å². The zero-order chi connectivity index (χ0) is 12.3. The molecule has 0 amide bonds. The Hall–Kier alpha value is -0.410. The van der Waals surface area contributed by atoms with Crippen LogP contribution in [0.15, 0.2) is 10.9 Å². The summed E-state index contributed by atoms with van der Waals surface area (Å²) in [5.41, 5.74) is 3.69. The number of nitrogens with zero attached hydrogens (tertiary/aromatic N) is 1. The van der Waals surface area contributed by atoms with E-state index >= 15 is 0 Å². The Kier molecular flexibility index (Phi) is 4.21. The lowest BCUT2D eigenvalue weighted by Gasteiger charge is -2.39. The van der Waals surface area contributed by atoms with E-state index in [4.69, 9.17) is 0 Å². The van der Waals surface area contributed by atoms with Gasteiger partial charge in [0.1, 0.15) is 0 Å². The van der Waals surface area contributed by atoms with E-state index < -0.39 is 0 Å². The summed E-state index contributed by atoms with van der Waals surface area (Å²) >= 11 is 1.69. The monoisotopic (exact) mass is 252 g/mol. The molecule has 0 bridgehead atoms. The van der Waals surface area contributed by atoms with Gasteiger partial charge in [-0.1, -0.05) is 20.8 Å². The lowest BCUT2D eigenvalue weighted by Crippen LogP contribution is -2.42. The predicted octanol–water partition coefficient (Wildman–Crippen LogP) is 3.49. The average Bonchev–Trinajstić information content (AvgIpc) is 2.73. The molecule has 0 aromatic carbocycles. The third-order valence-electron chi connectivity index (χ3n) is 3.96. The van der Waals surface area contributed by atoms with Gasteiger partial charge in [-0.3, -0.25) is 0 Å². The summed E-state index contributed by atoms with van der Waals surface area (Å²) in [5.74, 6) is 0.800. The van der Waals surface area contributed by atoms with Gasteiger partial charge in [-0.15, -0.1) is 11.3 Å². The maximum absolute atomic E-state index is 4.32. The molecule has 2 atom stereocenters. The first-order chi connectivity index (χ1) is 8.07. The Bertz CT molecular complexity index is 332. The number of hydrogen-bond acceptors (Lipinski definition) is 3. The van der Waals surface area contributed by atoms with Crippen LogP contribution in [0.1, 0.15) is 45.7 Å². The molecule has 3 heteroatoms. The first-order valence-corrected chi connectivity index (χ1v) is 7.61. The Morgan fingerprint density at radius 3 is 3.00 bits per heavy atom. The Morgan fingerprint density at radius 1 is 1.53 bits per heavy atom. The molecule has 0 radical (unpaired) electrons. The second-order valence-corrected chi connectivity index (χ2v) is 6.89. The summed E-state index contributed by atoms with van der Waals surface area (Å²) in [6, 6.07) is 0.710. The van der Waals surface area contributed by atoms with E-state index in [1.54, 1.807) is 11.3 Å². The van der Waals surface area contributed by atoms with E-state index in [2.05, 4.69) is 36.5 Å². The van der Waals surface area contributed by atoms with Crippen molar-refractivity contribution in [3.8, 4) is 0 Å². The van der Waals surface area contributed by atoms with E-state index in [1.807, 2.05) is 5.51 Å². The molecule has 1 heterocycles. The fourth-order valence-corrected chi connectivity index (χ4v) is 3.59. The highest BCUT2D eigenvalue weighted by Gasteiger charge is 2.31. The van der Waals surface area contributed by atoms with Crippen molar-refractivity contribution in [2.45, 2.75) is 52.5 Å². The van der Waals surface area contributed by atoms with E-state index in [0.29, 0.717) is 11.5 Å². The van der Waals surface area contributed by atoms with Crippen molar-refractivity contribution in [3.05, 3.63) is 16.6 Å². The van der Waals surface area contributed by atoms with E-state index in [1.165, 1.54) is 25.0 Å². The van der Waals surface area contributed by atoms with Crippen LogP contribution in [-0.4, -0.2) is 17.6 Å². The molecule has 2 rings (SSSR count). The highest BCUT2D eigenvalue weighted by molar-refractivity contribution is 7.07. The van der Waals surface area contributed by atoms with Gasteiger partial charge in [0, 0.05) is 24.4 Å². The standard InChI is InChI=1S/C14H24N2S/c1-11-8-14(2,3)6-4-13(11)15-7-5-12-9-17-10-16-12/h9-11,13,15H,4-8H2,1-3H3. The third-order valence-corrected chi connectivity index (χ3v) is 4.60. The van der Waals surface area contributed by atoms with Gasteiger partial charge in [0.2, 0.25) is 0 Å². The molecule has 0 aliphatic heterocycles. The molecule has 1 aromatic rings. The minimum absolute atomic E-state index is 0.548. The summed E-state index contributed by atoms with van der Waals surface area (Å²) in [6.07, 6.45) is 5.09. The quantitative estimate of drug-likeness (QED) is 0.887. The van der Waals surface area contributed by atoms with Crippen molar-refractivity contribution in [2.75, 3.05) is 6.54 Å². The molecule has 1 aromatic heterocycles. The van der Waals surface area contributed by atoms with Crippen molar-refractivity contribution < 1.29 is 0 Å². The molecule has 2 nitrogen and oxygen atoms in total. The van der Waals surface area contributed by atoms with Gasteiger partial charge < -0.3 is 5.32 Å². The second-order valence-electron chi connectivity index (χ2n) is 6.17.